The number of amides is 1. The first-order valence-corrected chi connectivity index (χ1v) is 7.20. The molecule has 1 amide bonds. The van der Waals surface area contributed by atoms with Gasteiger partial charge in [0.1, 0.15) is 5.75 Å². The third kappa shape index (κ3) is 5.36. The molecule has 0 aliphatic rings. The lowest BCUT2D eigenvalue weighted by Crippen LogP contribution is -2.46. The number of carbonyl (C=O) groups excluding carboxylic acids is 1. The predicted molar refractivity (Wildman–Crippen MR) is 83.2 cm³/mol. The Labute approximate surface area is 126 Å². The SMILES string of the molecule is CNC(=O)CN(Cc1ccc(OC)cc1)[C@H](CO)C(C)C. The van der Waals surface area contributed by atoms with E-state index < -0.39 is 0 Å². The van der Waals surface area contributed by atoms with Crippen molar-refractivity contribution in [2.75, 3.05) is 27.3 Å². The van der Waals surface area contributed by atoms with Gasteiger partial charge in [0, 0.05) is 19.6 Å². The van der Waals surface area contributed by atoms with Gasteiger partial charge in [-0.15, -0.1) is 0 Å². The van der Waals surface area contributed by atoms with Gasteiger partial charge >= 0.3 is 0 Å². The fourth-order valence-corrected chi connectivity index (χ4v) is 2.27. The summed E-state index contributed by atoms with van der Waals surface area (Å²) in [5.74, 6) is 1.01. The monoisotopic (exact) mass is 294 g/mol. The van der Waals surface area contributed by atoms with E-state index in [4.69, 9.17) is 4.74 Å². The molecule has 0 bridgehead atoms. The molecule has 0 radical (unpaired) electrons. The fourth-order valence-electron chi connectivity index (χ4n) is 2.27. The molecule has 1 aromatic rings. The van der Waals surface area contributed by atoms with Crippen LogP contribution in [0.2, 0.25) is 0 Å². The van der Waals surface area contributed by atoms with E-state index in [1.807, 2.05) is 43.0 Å². The van der Waals surface area contributed by atoms with Crippen LogP contribution in [-0.4, -0.2) is 49.3 Å². The number of hydrogen-bond donors (Lipinski definition) is 2. The molecular formula is C16H26N2O3. The summed E-state index contributed by atoms with van der Waals surface area (Å²) in [7, 11) is 3.25. The molecule has 1 aromatic carbocycles. The first-order valence-electron chi connectivity index (χ1n) is 7.20. The lowest BCUT2D eigenvalue weighted by Gasteiger charge is -2.32. The van der Waals surface area contributed by atoms with E-state index >= 15 is 0 Å². The number of ether oxygens (including phenoxy) is 1. The summed E-state index contributed by atoms with van der Waals surface area (Å²) in [5.41, 5.74) is 1.08. The Hall–Kier alpha value is -1.59. The topological polar surface area (TPSA) is 61.8 Å². The number of aliphatic hydroxyl groups is 1. The van der Waals surface area contributed by atoms with Crippen molar-refractivity contribution < 1.29 is 14.6 Å². The van der Waals surface area contributed by atoms with Crippen LogP contribution in [0.1, 0.15) is 19.4 Å². The highest BCUT2D eigenvalue weighted by Crippen LogP contribution is 2.17. The highest BCUT2D eigenvalue weighted by atomic mass is 16.5. The van der Waals surface area contributed by atoms with Crippen LogP contribution in [0, 0.1) is 5.92 Å². The van der Waals surface area contributed by atoms with Crippen LogP contribution in [0.4, 0.5) is 0 Å². The highest BCUT2D eigenvalue weighted by Gasteiger charge is 2.23. The Bertz CT molecular complexity index is 432. The minimum atomic E-state index is -0.0531. The molecule has 0 saturated heterocycles. The van der Waals surface area contributed by atoms with Crippen molar-refractivity contribution >= 4 is 5.91 Å². The number of hydrogen-bond acceptors (Lipinski definition) is 4. The number of rotatable bonds is 8. The smallest absolute Gasteiger partial charge is 0.233 e. The number of aliphatic hydroxyl groups excluding tert-OH is 1. The molecule has 0 spiro atoms. The molecule has 0 aromatic heterocycles. The zero-order chi connectivity index (χ0) is 15.8. The number of nitrogens with one attached hydrogen (secondary N) is 1. The second-order valence-electron chi connectivity index (χ2n) is 5.42. The summed E-state index contributed by atoms with van der Waals surface area (Å²) in [6.07, 6.45) is 0. The molecule has 118 valence electrons. The zero-order valence-corrected chi connectivity index (χ0v) is 13.3. The van der Waals surface area contributed by atoms with Crippen molar-refractivity contribution in [1.29, 1.82) is 0 Å². The van der Waals surface area contributed by atoms with Gasteiger partial charge < -0.3 is 15.2 Å². The van der Waals surface area contributed by atoms with Gasteiger partial charge in [-0.3, -0.25) is 9.69 Å². The van der Waals surface area contributed by atoms with Crippen LogP contribution in [0.3, 0.4) is 0 Å². The van der Waals surface area contributed by atoms with Crippen LogP contribution < -0.4 is 10.1 Å². The van der Waals surface area contributed by atoms with Crippen molar-refractivity contribution in [3.8, 4) is 5.75 Å². The Morgan fingerprint density at radius 3 is 2.38 bits per heavy atom. The van der Waals surface area contributed by atoms with Crippen LogP contribution in [0.25, 0.3) is 0 Å². The standard InChI is InChI=1S/C16H26N2O3/c1-12(2)15(11-19)18(10-16(20)17-3)9-13-5-7-14(21-4)8-6-13/h5-8,12,15,19H,9-11H2,1-4H3,(H,17,20)/t15-/m1/s1. The number of nitrogens with zero attached hydrogens (tertiary/aromatic N) is 1. The maximum absolute atomic E-state index is 11.7. The van der Waals surface area contributed by atoms with Gasteiger partial charge in [0.15, 0.2) is 0 Å². The number of benzene rings is 1. The Morgan fingerprint density at radius 1 is 1.33 bits per heavy atom. The lowest BCUT2D eigenvalue weighted by atomic mass is 10.0. The normalized spacial score (nSPS) is 12.5. The zero-order valence-electron chi connectivity index (χ0n) is 13.3. The lowest BCUT2D eigenvalue weighted by molar-refractivity contribution is -0.123. The quantitative estimate of drug-likeness (QED) is 0.758. The van der Waals surface area contributed by atoms with Crippen molar-refractivity contribution in [2.45, 2.75) is 26.4 Å². The maximum atomic E-state index is 11.7. The summed E-state index contributed by atoms with van der Waals surface area (Å²) in [5, 5.41) is 12.3. The first-order chi connectivity index (χ1) is 10.0. The average Bonchev–Trinajstić information content (AvgIpc) is 2.48. The van der Waals surface area contributed by atoms with Gasteiger partial charge in [0.05, 0.1) is 20.3 Å². The molecule has 5 heteroatoms. The molecule has 0 unspecified atom stereocenters. The summed E-state index contributed by atoms with van der Waals surface area (Å²) < 4.78 is 5.15. The van der Waals surface area contributed by atoms with Crippen LogP contribution in [-0.2, 0) is 11.3 Å². The van der Waals surface area contributed by atoms with Gasteiger partial charge in [0.25, 0.3) is 0 Å². The van der Waals surface area contributed by atoms with Crippen LogP contribution in [0.5, 0.6) is 5.75 Å². The molecule has 0 saturated carbocycles. The molecule has 0 aliphatic heterocycles. The van der Waals surface area contributed by atoms with E-state index in [1.54, 1.807) is 14.2 Å². The maximum Gasteiger partial charge on any atom is 0.233 e. The van der Waals surface area contributed by atoms with E-state index in [1.165, 1.54) is 0 Å². The van der Waals surface area contributed by atoms with Crippen molar-refractivity contribution in [2.24, 2.45) is 5.92 Å². The molecule has 0 fully saturated rings. The van der Waals surface area contributed by atoms with Crippen molar-refractivity contribution in [3.63, 3.8) is 0 Å². The van der Waals surface area contributed by atoms with Gasteiger partial charge in [-0.25, -0.2) is 0 Å². The fraction of sp³-hybridized carbons (Fsp3) is 0.562. The second kappa shape index (κ2) is 8.64. The van der Waals surface area contributed by atoms with E-state index in [9.17, 15) is 9.90 Å². The molecule has 1 rings (SSSR count). The molecule has 1 atom stereocenters. The minimum absolute atomic E-state index is 0.0326. The highest BCUT2D eigenvalue weighted by molar-refractivity contribution is 5.77. The Balaban J connectivity index is 2.86. The van der Waals surface area contributed by atoms with Crippen molar-refractivity contribution in [1.82, 2.24) is 10.2 Å². The summed E-state index contributed by atoms with van der Waals surface area (Å²) in [6.45, 7) is 5.01. The van der Waals surface area contributed by atoms with E-state index in [0.717, 1.165) is 11.3 Å². The molecular weight excluding hydrogens is 268 g/mol. The molecule has 0 heterocycles. The number of likely N-dealkylation sites (N-methyl/N-ethyl adjacent to an activating group) is 1. The summed E-state index contributed by atoms with van der Waals surface area (Å²) >= 11 is 0. The van der Waals surface area contributed by atoms with Gasteiger partial charge in [-0.2, -0.15) is 0 Å². The molecule has 21 heavy (non-hydrogen) atoms. The molecule has 0 aliphatic carbocycles. The first kappa shape index (κ1) is 17.5. The van der Waals surface area contributed by atoms with Crippen molar-refractivity contribution in [3.05, 3.63) is 29.8 Å². The number of methoxy groups -OCH3 is 1. The summed E-state index contributed by atoms with van der Waals surface area (Å²) in [4.78, 5) is 13.7. The average molecular weight is 294 g/mol. The van der Waals surface area contributed by atoms with E-state index in [2.05, 4.69) is 5.32 Å². The van der Waals surface area contributed by atoms with Gasteiger partial charge in [-0.1, -0.05) is 26.0 Å². The Morgan fingerprint density at radius 2 is 1.95 bits per heavy atom. The Kier molecular flexibility index (Phi) is 7.19. The third-order valence-corrected chi connectivity index (χ3v) is 3.60. The second-order valence-corrected chi connectivity index (χ2v) is 5.42. The predicted octanol–water partition coefficient (Wildman–Crippen LogP) is 1.26. The number of carbonyl (C=O) groups is 1. The van der Waals surface area contributed by atoms with E-state index in [0.29, 0.717) is 6.54 Å². The van der Waals surface area contributed by atoms with E-state index in [-0.39, 0.29) is 31.0 Å². The third-order valence-electron chi connectivity index (χ3n) is 3.60. The van der Waals surface area contributed by atoms with Crippen LogP contribution >= 0.6 is 0 Å². The van der Waals surface area contributed by atoms with Crippen LogP contribution in [0.15, 0.2) is 24.3 Å². The molecule has 2 N–H and O–H groups in total. The largest absolute Gasteiger partial charge is 0.497 e. The van der Waals surface area contributed by atoms with Gasteiger partial charge in [0.2, 0.25) is 5.91 Å². The molecule has 5 nitrogen and oxygen atoms in total. The summed E-state index contributed by atoms with van der Waals surface area (Å²) in [6, 6.07) is 7.70. The van der Waals surface area contributed by atoms with Gasteiger partial charge in [-0.05, 0) is 23.6 Å². The minimum Gasteiger partial charge on any atom is -0.497 e.